The summed E-state index contributed by atoms with van der Waals surface area (Å²) in [6.45, 7) is 0. The van der Waals surface area contributed by atoms with Crippen molar-refractivity contribution >= 4 is 45.2 Å². The van der Waals surface area contributed by atoms with Crippen LogP contribution in [-0.4, -0.2) is 10.4 Å². The van der Waals surface area contributed by atoms with Crippen LogP contribution in [0.1, 0.15) is 32.1 Å². The van der Waals surface area contributed by atoms with Crippen molar-refractivity contribution < 1.29 is 9.36 Å². The quantitative estimate of drug-likeness (QED) is 0.554. The number of carbonyl (C=O) groups excluding carboxylic acids is 1. The summed E-state index contributed by atoms with van der Waals surface area (Å²) < 4.78 is 11.6. The molecule has 0 aromatic rings. The average molecular weight is 263 g/mol. The molecule has 6 heteroatoms. The summed E-state index contributed by atoms with van der Waals surface area (Å²) in [6.07, 6.45) is 3.52. The highest BCUT2D eigenvalue weighted by Crippen LogP contribution is 2.71. The van der Waals surface area contributed by atoms with Gasteiger partial charge in [0.2, 0.25) is 5.24 Å². The summed E-state index contributed by atoms with van der Waals surface area (Å²) in [5, 5.41) is -1.82. The zero-order chi connectivity index (χ0) is 10.1. The summed E-state index contributed by atoms with van der Waals surface area (Å²) in [5.74, 6) is -3.47. The van der Waals surface area contributed by atoms with Crippen LogP contribution >= 0.6 is 39.9 Å². The van der Waals surface area contributed by atoms with Gasteiger partial charge in [0.1, 0.15) is 5.16 Å². The summed E-state index contributed by atoms with van der Waals surface area (Å²) in [5.41, 5.74) is 0. The van der Waals surface area contributed by atoms with Crippen molar-refractivity contribution in [3.05, 3.63) is 0 Å². The predicted octanol–water partition coefficient (Wildman–Crippen LogP) is 4.13. The average Bonchev–Trinajstić information content (AvgIpc) is 2.03. The van der Waals surface area contributed by atoms with Crippen molar-refractivity contribution in [2.45, 2.75) is 37.3 Å². The summed E-state index contributed by atoms with van der Waals surface area (Å²) in [7, 11) is 0. The van der Waals surface area contributed by atoms with Crippen LogP contribution < -0.4 is 0 Å². The van der Waals surface area contributed by atoms with E-state index in [4.69, 9.17) is 34.1 Å². The van der Waals surface area contributed by atoms with Gasteiger partial charge in [0.15, 0.2) is 0 Å². The fourth-order valence-corrected chi connectivity index (χ4v) is 5.02. The first-order valence-electron chi connectivity index (χ1n) is 4.09. The fraction of sp³-hybridized carbons (Fsp3) is 0.857. The van der Waals surface area contributed by atoms with Crippen LogP contribution in [0.2, 0.25) is 0 Å². The molecule has 1 saturated carbocycles. The van der Waals surface area contributed by atoms with Gasteiger partial charge in [-0.25, -0.2) is 0 Å². The van der Waals surface area contributed by atoms with E-state index in [0.29, 0.717) is 12.8 Å². The van der Waals surface area contributed by atoms with E-state index in [1.165, 1.54) is 0 Å². The highest BCUT2D eigenvalue weighted by Gasteiger charge is 2.51. The number of rotatable bonds is 2. The van der Waals surface area contributed by atoms with Crippen LogP contribution in [0.3, 0.4) is 0 Å². The first kappa shape index (κ1) is 11.8. The van der Waals surface area contributed by atoms with Gasteiger partial charge in [-0.2, -0.15) is 0 Å². The van der Waals surface area contributed by atoms with Crippen molar-refractivity contribution in [3.63, 3.8) is 0 Å². The van der Waals surface area contributed by atoms with E-state index in [2.05, 4.69) is 0 Å². The molecule has 0 saturated heterocycles. The second kappa shape index (κ2) is 4.10. The standard InChI is InChI=1S/C7H10Cl3O2P/c8-6(11)7(13(9,10)12)4-2-1-3-5-7/h1-5H2. The Hall–Kier alpha value is 0.770. The minimum absolute atomic E-state index is 0.444. The molecule has 0 spiro atoms. The molecule has 0 heterocycles. The third-order valence-electron chi connectivity index (χ3n) is 2.54. The minimum Gasteiger partial charge on any atom is -0.288 e. The maximum absolute atomic E-state index is 11.6. The lowest BCUT2D eigenvalue weighted by atomic mass is 9.89. The molecule has 0 atom stereocenters. The number of carbonyl (C=O) groups is 1. The number of hydrogen-bond donors (Lipinski definition) is 0. The zero-order valence-corrected chi connectivity index (χ0v) is 10.1. The molecule has 0 bridgehead atoms. The molecule has 0 radical (unpaired) electrons. The van der Waals surface area contributed by atoms with E-state index < -0.39 is 16.2 Å². The molecule has 1 aliphatic carbocycles. The fourth-order valence-electron chi connectivity index (χ4n) is 1.70. The van der Waals surface area contributed by atoms with Gasteiger partial charge in [-0.1, -0.05) is 19.3 Å². The monoisotopic (exact) mass is 262 g/mol. The molecule has 0 aromatic carbocycles. The van der Waals surface area contributed by atoms with E-state index in [-0.39, 0.29) is 0 Å². The first-order chi connectivity index (χ1) is 5.90. The second-order valence-electron chi connectivity index (χ2n) is 3.33. The Balaban J connectivity index is 3.00. The Bertz CT molecular complexity index is 254. The van der Waals surface area contributed by atoms with E-state index in [1.807, 2.05) is 0 Å². The number of halogens is 3. The largest absolute Gasteiger partial charge is 0.288 e. The Morgan fingerprint density at radius 3 is 1.85 bits per heavy atom. The van der Waals surface area contributed by atoms with Gasteiger partial charge in [0.05, 0.1) is 0 Å². The third-order valence-corrected chi connectivity index (χ3v) is 6.63. The predicted molar refractivity (Wildman–Crippen MR) is 56.0 cm³/mol. The van der Waals surface area contributed by atoms with Gasteiger partial charge in [-0.15, -0.1) is 0 Å². The van der Waals surface area contributed by atoms with E-state index in [1.54, 1.807) is 0 Å². The van der Waals surface area contributed by atoms with Gasteiger partial charge in [0.25, 0.3) is 5.85 Å². The highest BCUT2D eigenvalue weighted by molar-refractivity contribution is 8.10. The Morgan fingerprint density at radius 2 is 1.62 bits per heavy atom. The van der Waals surface area contributed by atoms with Gasteiger partial charge >= 0.3 is 0 Å². The van der Waals surface area contributed by atoms with Crippen LogP contribution in [0, 0.1) is 0 Å². The van der Waals surface area contributed by atoms with Gasteiger partial charge in [-0.05, 0) is 46.9 Å². The van der Waals surface area contributed by atoms with Crippen molar-refractivity contribution in [1.29, 1.82) is 0 Å². The van der Waals surface area contributed by atoms with Crippen molar-refractivity contribution in [3.8, 4) is 0 Å². The van der Waals surface area contributed by atoms with E-state index >= 15 is 0 Å². The molecule has 0 unspecified atom stereocenters. The third kappa shape index (κ3) is 2.23. The molecule has 13 heavy (non-hydrogen) atoms. The molecule has 1 rings (SSSR count). The van der Waals surface area contributed by atoms with Gasteiger partial charge in [0, 0.05) is 0 Å². The number of hydrogen-bond acceptors (Lipinski definition) is 2. The molecule has 0 aliphatic heterocycles. The van der Waals surface area contributed by atoms with Crippen molar-refractivity contribution in [2.75, 3.05) is 0 Å². The van der Waals surface area contributed by atoms with Crippen molar-refractivity contribution in [2.24, 2.45) is 0 Å². The van der Waals surface area contributed by atoms with Crippen LogP contribution in [0.25, 0.3) is 0 Å². The Labute approximate surface area is 91.9 Å². The van der Waals surface area contributed by atoms with E-state index in [0.717, 1.165) is 19.3 Å². The topological polar surface area (TPSA) is 34.1 Å². The molecule has 2 nitrogen and oxygen atoms in total. The molecule has 0 aromatic heterocycles. The summed E-state index contributed by atoms with van der Waals surface area (Å²) >= 11 is 16.6. The first-order valence-corrected chi connectivity index (χ1v) is 7.99. The van der Waals surface area contributed by atoms with E-state index in [9.17, 15) is 9.36 Å². The Kier molecular flexibility index (Phi) is 3.74. The van der Waals surface area contributed by atoms with Crippen LogP contribution in [0.5, 0.6) is 0 Å². The molecular formula is C7H10Cl3O2P. The highest BCUT2D eigenvalue weighted by atomic mass is 35.9. The molecule has 76 valence electrons. The Morgan fingerprint density at radius 1 is 1.15 bits per heavy atom. The lowest BCUT2D eigenvalue weighted by Crippen LogP contribution is -2.35. The zero-order valence-electron chi connectivity index (χ0n) is 6.93. The molecular weight excluding hydrogens is 253 g/mol. The smallest absolute Gasteiger partial charge is 0.267 e. The molecule has 0 N–H and O–H groups in total. The normalized spacial score (nSPS) is 22.7. The summed E-state index contributed by atoms with van der Waals surface area (Å²) in [6, 6.07) is 0. The second-order valence-corrected chi connectivity index (χ2v) is 8.83. The van der Waals surface area contributed by atoms with Crippen LogP contribution in [0.4, 0.5) is 0 Å². The van der Waals surface area contributed by atoms with Gasteiger partial charge < -0.3 is 0 Å². The molecule has 0 amide bonds. The van der Waals surface area contributed by atoms with Gasteiger partial charge in [-0.3, -0.25) is 9.36 Å². The van der Waals surface area contributed by atoms with Crippen LogP contribution in [0.15, 0.2) is 0 Å². The molecule has 1 aliphatic rings. The lowest BCUT2D eigenvalue weighted by molar-refractivity contribution is -0.114. The minimum atomic E-state index is -3.47. The maximum Gasteiger partial charge on any atom is 0.267 e. The summed E-state index contributed by atoms with van der Waals surface area (Å²) in [4.78, 5) is 11.2. The van der Waals surface area contributed by atoms with Crippen molar-refractivity contribution in [1.82, 2.24) is 0 Å². The SMILES string of the molecule is O=C(Cl)C1(P(=O)(Cl)Cl)CCCCC1. The lowest BCUT2D eigenvalue weighted by Gasteiger charge is -2.33. The van der Waals surface area contributed by atoms with Crippen LogP contribution in [-0.2, 0) is 9.36 Å². The molecule has 1 fully saturated rings. The maximum atomic E-state index is 11.6.